The highest BCUT2D eigenvalue weighted by atomic mass is 35.5. The summed E-state index contributed by atoms with van der Waals surface area (Å²) >= 11 is 5.92. The van der Waals surface area contributed by atoms with E-state index < -0.39 is 27.9 Å². The maximum Gasteiger partial charge on any atom is 0.269 e. The lowest BCUT2D eigenvalue weighted by Gasteiger charge is -2.22. The Morgan fingerprint density at radius 3 is 2.56 bits per heavy atom. The number of aryl methyl sites for hydroxylation is 1. The van der Waals surface area contributed by atoms with Crippen LogP contribution in [0.3, 0.4) is 0 Å². The number of carbonyl (C=O) groups excluding carboxylic acids is 2. The molecule has 0 saturated carbocycles. The number of rotatable bonds is 3. The lowest BCUT2D eigenvalue weighted by atomic mass is 10.1. The molecule has 0 saturated heterocycles. The number of hydrogen-bond donors (Lipinski definition) is 1. The van der Waals surface area contributed by atoms with Crippen LogP contribution in [0.15, 0.2) is 47.4 Å². The molecule has 2 aromatic carbocycles. The van der Waals surface area contributed by atoms with Gasteiger partial charge in [-0.25, -0.2) is 12.7 Å². The van der Waals surface area contributed by atoms with Gasteiger partial charge in [0.2, 0.25) is 5.91 Å². The minimum Gasteiger partial charge on any atom is -0.324 e. The summed E-state index contributed by atoms with van der Waals surface area (Å²) in [6.45, 7) is 3.15. The Morgan fingerprint density at radius 2 is 1.88 bits per heavy atom. The zero-order valence-electron chi connectivity index (χ0n) is 13.5. The van der Waals surface area contributed by atoms with Crippen molar-refractivity contribution < 1.29 is 18.0 Å². The van der Waals surface area contributed by atoms with Crippen LogP contribution in [-0.4, -0.2) is 30.6 Å². The van der Waals surface area contributed by atoms with Gasteiger partial charge in [-0.1, -0.05) is 29.8 Å². The van der Waals surface area contributed by atoms with E-state index >= 15 is 0 Å². The van der Waals surface area contributed by atoms with Gasteiger partial charge in [0, 0.05) is 10.7 Å². The number of nitrogens with one attached hydrogen (secondary N) is 1. The molecule has 25 heavy (non-hydrogen) atoms. The quantitative estimate of drug-likeness (QED) is 0.890. The maximum absolute atomic E-state index is 12.6. The molecule has 3 rings (SSSR count). The van der Waals surface area contributed by atoms with E-state index in [2.05, 4.69) is 5.32 Å². The Balaban J connectivity index is 1.91. The highest BCUT2D eigenvalue weighted by Crippen LogP contribution is 2.32. The molecule has 2 aromatic rings. The van der Waals surface area contributed by atoms with Gasteiger partial charge < -0.3 is 5.32 Å². The molecule has 0 aliphatic carbocycles. The second-order valence-electron chi connectivity index (χ2n) is 5.73. The van der Waals surface area contributed by atoms with Crippen LogP contribution < -0.4 is 5.32 Å². The zero-order chi connectivity index (χ0) is 18.4. The van der Waals surface area contributed by atoms with Crippen LogP contribution in [0, 0.1) is 6.92 Å². The molecule has 1 aliphatic heterocycles. The molecule has 0 aromatic heterocycles. The monoisotopic (exact) mass is 378 g/mol. The van der Waals surface area contributed by atoms with Gasteiger partial charge in [0.05, 0.1) is 5.56 Å². The first kappa shape index (κ1) is 17.4. The number of hydrogen-bond acceptors (Lipinski definition) is 4. The van der Waals surface area contributed by atoms with Crippen molar-refractivity contribution in [2.75, 3.05) is 5.32 Å². The molecule has 0 unspecified atom stereocenters. The molecular formula is C17H15ClN2O4S. The van der Waals surface area contributed by atoms with E-state index in [-0.39, 0.29) is 10.5 Å². The molecule has 6 nitrogen and oxygen atoms in total. The van der Waals surface area contributed by atoms with Gasteiger partial charge >= 0.3 is 0 Å². The van der Waals surface area contributed by atoms with Gasteiger partial charge in [-0.15, -0.1) is 0 Å². The molecule has 1 atom stereocenters. The van der Waals surface area contributed by atoms with Crippen LogP contribution in [0.4, 0.5) is 5.69 Å². The smallest absolute Gasteiger partial charge is 0.269 e. The van der Waals surface area contributed by atoms with Crippen molar-refractivity contribution in [3.63, 3.8) is 0 Å². The lowest BCUT2D eigenvalue weighted by Crippen LogP contribution is -2.45. The van der Waals surface area contributed by atoms with Crippen LogP contribution in [0.25, 0.3) is 0 Å². The van der Waals surface area contributed by atoms with Crippen molar-refractivity contribution >= 4 is 39.1 Å². The number of sulfonamides is 1. The Labute approximate surface area is 150 Å². The minimum absolute atomic E-state index is 0.0705. The van der Waals surface area contributed by atoms with Gasteiger partial charge in [-0.05, 0) is 43.7 Å². The number of anilines is 1. The largest absolute Gasteiger partial charge is 0.324 e. The van der Waals surface area contributed by atoms with E-state index in [1.54, 1.807) is 31.2 Å². The topological polar surface area (TPSA) is 83.6 Å². The average molecular weight is 379 g/mol. The zero-order valence-corrected chi connectivity index (χ0v) is 15.1. The maximum atomic E-state index is 12.6. The van der Waals surface area contributed by atoms with Crippen molar-refractivity contribution in [1.82, 2.24) is 4.31 Å². The molecule has 1 heterocycles. The van der Waals surface area contributed by atoms with Crippen LogP contribution in [0.2, 0.25) is 5.02 Å². The fourth-order valence-corrected chi connectivity index (χ4v) is 4.56. The number of amides is 2. The predicted octanol–water partition coefficient (Wildman–Crippen LogP) is 2.82. The Bertz CT molecular complexity index is 988. The van der Waals surface area contributed by atoms with Crippen LogP contribution >= 0.6 is 11.6 Å². The molecule has 0 radical (unpaired) electrons. The first-order chi connectivity index (χ1) is 11.7. The molecule has 1 aliphatic rings. The van der Waals surface area contributed by atoms with Crippen molar-refractivity contribution in [3.8, 4) is 0 Å². The highest BCUT2D eigenvalue weighted by Gasteiger charge is 2.45. The Kier molecular flexibility index (Phi) is 4.30. The summed E-state index contributed by atoms with van der Waals surface area (Å²) < 4.78 is 25.9. The highest BCUT2D eigenvalue weighted by molar-refractivity contribution is 7.90. The predicted molar refractivity (Wildman–Crippen MR) is 94.1 cm³/mol. The SMILES string of the molecule is Cc1ccc(Cl)cc1NC(=O)[C@@H](C)N1C(=O)c2ccccc2S1(=O)=O. The van der Waals surface area contributed by atoms with E-state index in [0.29, 0.717) is 15.0 Å². The number of nitrogens with zero attached hydrogens (tertiary/aromatic N) is 1. The van der Waals surface area contributed by atoms with Crippen molar-refractivity contribution in [3.05, 3.63) is 58.6 Å². The molecular weight excluding hydrogens is 364 g/mol. The summed E-state index contributed by atoms with van der Waals surface area (Å²) in [4.78, 5) is 24.9. The normalized spacial score (nSPS) is 16.4. The number of fused-ring (bicyclic) bond motifs is 1. The fraction of sp³-hybridized carbons (Fsp3) is 0.176. The molecule has 0 bridgehead atoms. The summed E-state index contributed by atoms with van der Waals surface area (Å²) in [5.41, 5.74) is 1.30. The van der Waals surface area contributed by atoms with Crippen LogP contribution in [0.1, 0.15) is 22.8 Å². The van der Waals surface area contributed by atoms with Crippen LogP contribution in [-0.2, 0) is 14.8 Å². The third-order valence-electron chi connectivity index (χ3n) is 4.04. The van der Waals surface area contributed by atoms with E-state index in [1.807, 2.05) is 0 Å². The van der Waals surface area contributed by atoms with Crippen molar-refractivity contribution in [2.45, 2.75) is 24.8 Å². The van der Waals surface area contributed by atoms with E-state index in [0.717, 1.165) is 5.56 Å². The number of halogens is 1. The second kappa shape index (κ2) is 6.16. The van der Waals surface area contributed by atoms with Gasteiger partial charge in [0.25, 0.3) is 15.9 Å². The molecule has 130 valence electrons. The van der Waals surface area contributed by atoms with E-state index in [4.69, 9.17) is 11.6 Å². The second-order valence-corrected chi connectivity index (χ2v) is 7.95. The molecule has 8 heteroatoms. The molecule has 2 amide bonds. The van der Waals surface area contributed by atoms with E-state index in [1.165, 1.54) is 25.1 Å². The van der Waals surface area contributed by atoms with Crippen molar-refractivity contribution in [2.24, 2.45) is 0 Å². The fourth-order valence-electron chi connectivity index (χ4n) is 2.66. The molecule has 0 spiro atoms. The number of carbonyl (C=O) groups is 2. The third kappa shape index (κ3) is 2.89. The summed E-state index contributed by atoms with van der Waals surface area (Å²) in [7, 11) is -4.05. The summed E-state index contributed by atoms with van der Waals surface area (Å²) in [5.74, 6) is -1.32. The molecule has 1 N–H and O–H groups in total. The first-order valence-electron chi connectivity index (χ1n) is 7.48. The number of benzene rings is 2. The summed E-state index contributed by atoms with van der Waals surface area (Å²) in [5, 5.41) is 3.07. The standard InChI is InChI=1S/C17H15ClN2O4S/c1-10-7-8-12(18)9-14(10)19-16(21)11(2)20-17(22)13-5-3-4-6-15(13)25(20,23)24/h3-9,11H,1-2H3,(H,19,21)/t11-/m1/s1. The van der Waals surface area contributed by atoms with Crippen molar-refractivity contribution in [1.29, 1.82) is 0 Å². The van der Waals surface area contributed by atoms with Gasteiger partial charge in [0.1, 0.15) is 10.9 Å². The van der Waals surface area contributed by atoms with Gasteiger partial charge in [-0.3, -0.25) is 9.59 Å². The summed E-state index contributed by atoms with van der Waals surface area (Å²) in [6.07, 6.45) is 0. The third-order valence-corrected chi connectivity index (χ3v) is 6.19. The van der Waals surface area contributed by atoms with Crippen LogP contribution in [0.5, 0.6) is 0 Å². The Morgan fingerprint density at radius 1 is 1.20 bits per heavy atom. The summed E-state index contributed by atoms with van der Waals surface area (Å²) in [6, 6.07) is 9.68. The van der Waals surface area contributed by atoms with E-state index in [9.17, 15) is 18.0 Å². The Hall–Kier alpha value is -2.38. The average Bonchev–Trinajstić information content (AvgIpc) is 2.77. The lowest BCUT2D eigenvalue weighted by molar-refractivity contribution is -0.118. The first-order valence-corrected chi connectivity index (χ1v) is 9.30. The van der Waals surface area contributed by atoms with Gasteiger partial charge in [0.15, 0.2) is 0 Å². The minimum atomic E-state index is -4.05. The molecule has 0 fully saturated rings. The van der Waals surface area contributed by atoms with Gasteiger partial charge in [-0.2, -0.15) is 0 Å².